The zero-order valence-electron chi connectivity index (χ0n) is 8.87. The summed E-state index contributed by atoms with van der Waals surface area (Å²) >= 11 is 6.10. The van der Waals surface area contributed by atoms with Crippen molar-refractivity contribution in [3.63, 3.8) is 0 Å². The minimum atomic E-state index is 0.106. The van der Waals surface area contributed by atoms with E-state index in [0.29, 0.717) is 6.61 Å². The molecule has 1 aliphatic rings. The molecule has 2 nitrogen and oxygen atoms in total. The van der Waals surface area contributed by atoms with Gasteiger partial charge >= 0.3 is 0 Å². The molecule has 1 aromatic carbocycles. The largest absolute Gasteiger partial charge is 0.378 e. The van der Waals surface area contributed by atoms with E-state index in [-0.39, 0.29) is 11.4 Å². The molecule has 1 saturated heterocycles. The van der Waals surface area contributed by atoms with Crippen molar-refractivity contribution in [2.75, 3.05) is 13.2 Å². The van der Waals surface area contributed by atoms with E-state index < -0.39 is 0 Å². The molecule has 2 rings (SSSR count). The molecule has 0 aliphatic carbocycles. The highest BCUT2D eigenvalue weighted by Crippen LogP contribution is 2.13. The molecule has 1 fully saturated rings. The Morgan fingerprint density at radius 3 is 2.87 bits per heavy atom. The van der Waals surface area contributed by atoms with E-state index in [0.717, 1.165) is 13.2 Å². The second-order valence-electron chi connectivity index (χ2n) is 3.97. The maximum Gasteiger partial charge on any atom is 0.0745 e. The molecule has 1 aliphatic heterocycles. The summed E-state index contributed by atoms with van der Waals surface area (Å²) < 4.78 is 5.29. The molecule has 2 unspecified atom stereocenters. The van der Waals surface area contributed by atoms with Crippen LogP contribution in [0.25, 0.3) is 0 Å². The first-order valence-electron chi connectivity index (χ1n) is 5.27. The maximum atomic E-state index is 6.10. The Labute approximate surface area is 95.6 Å². The number of rotatable bonds is 3. The first-order chi connectivity index (χ1) is 7.27. The van der Waals surface area contributed by atoms with Gasteiger partial charge in [0.05, 0.1) is 18.6 Å². The van der Waals surface area contributed by atoms with E-state index in [1.54, 1.807) is 0 Å². The van der Waals surface area contributed by atoms with Crippen LogP contribution < -0.4 is 5.32 Å². The fraction of sp³-hybridized carbons (Fsp3) is 0.500. The van der Waals surface area contributed by atoms with Gasteiger partial charge in [-0.15, -0.1) is 11.6 Å². The van der Waals surface area contributed by atoms with Crippen LogP contribution in [0.15, 0.2) is 24.3 Å². The van der Waals surface area contributed by atoms with Gasteiger partial charge in [0.1, 0.15) is 0 Å². The first-order valence-corrected chi connectivity index (χ1v) is 5.70. The zero-order valence-corrected chi connectivity index (χ0v) is 9.63. The molecular weight excluding hydrogens is 210 g/mol. The van der Waals surface area contributed by atoms with Crippen molar-refractivity contribution < 1.29 is 4.74 Å². The highest BCUT2D eigenvalue weighted by Gasteiger charge is 2.25. The van der Waals surface area contributed by atoms with Crippen molar-refractivity contribution in [3.05, 3.63) is 35.4 Å². The Morgan fingerprint density at radius 1 is 1.40 bits per heavy atom. The lowest BCUT2D eigenvalue weighted by Crippen LogP contribution is -2.35. The number of benzene rings is 1. The Bertz CT molecular complexity index is 329. The van der Waals surface area contributed by atoms with Crippen LogP contribution in [0.4, 0.5) is 0 Å². The van der Waals surface area contributed by atoms with Crippen molar-refractivity contribution in [2.45, 2.75) is 24.9 Å². The lowest BCUT2D eigenvalue weighted by atomic mass is 10.1. The van der Waals surface area contributed by atoms with Gasteiger partial charge in [0.25, 0.3) is 0 Å². The molecule has 3 heteroatoms. The third kappa shape index (κ3) is 2.71. The second kappa shape index (κ2) is 4.97. The first kappa shape index (κ1) is 10.9. The zero-order chi connectivity index (χ0) is 10.7. The van der Waals surface area contributed by atoms with Crippen molar-refractivity contribution in [1.29, 1.82) is 0 Å². The van der Waals surface area contributed by atoms with E-state index >= 15 is 0 Å². The number of ether oxygens (including phenoxy) is 1. The average Bonchev–Trinajstić information content (AvgIpc) is 2.63. The molecule has 1 heterocycles. The molecule has 15 heavy (non-hydrogen) atoms. The molecule has 0 amide bonds. The summed E-state index contributed by atoms with van der Waals surface area (Å²) in [5, 5.41) is 3.54. The van der Waals surface area contributed by atoms with Crippen LogP contribution in [0.1, 0.15) is 11.1 Å². The van der Waals surface area contributed by atoms with Gasteiger partial charge in [0.15, 0.2) is 0 Å². The fourth-order valence-corrected chi connectivity index (χ4v) is 2.02. The van der Waals surface area contributed by atoms with Gasteiger partial charge in [-0.2, -0.15) is 0 Å². The van der Waals surface area contributed by atoms with Crippen molar-refractivity contribution in [2.24, 2.45) is 0 Å². The van der Waals surface area contributed by atoms with Gasteiger partial charge in [-0.1, -0.05) is 24.3 Å². The molecule has 0 radical (unpaired) electrons. The summed E-state index contributed by atoms with van der Waals surface area (Å²) in [4.78, 5) is 0. The van der Waals surface area contributed by atoms with Gasteiger partial charge in [-0.25, -0.2) is 0 Å². The summed E-state index contributed by atoms with van der Waals surface area (Å²) in [5.41, 5.74) is 2.64. The second-order valence-corrected chi connectivity index (χ2v) is 4.53. The summed E-state index contributed by atoms with van der Waals surface area (Å²) in [5.74, 6) is 0. The van der Waals surface area contributed by atoms with Gasteiger partial charge in [0, 0.05) is 12.6 Å². The van der Waals surface area contributed by atoms with Crippen LogP contribution in [-0.4, -0.2) is 24.6 Å². The molecule has 1 N–H and O–H groups in total. The van der Waals surface area contributed by atoms with Crippen LogP contribution in [-0.2, 0) is 11.3 Å². The number of alkyl halides is 1. The molecular formula is C12H16ClNO. The number of halogens is 1. The van der Waals surface area contributed by atoms with E-state index in [1.165, 1.54) is 11.1 Å². The van der Waals surface area contributed by atoms with Crippen LogP contribution >= 0.6 is 11.6 Å². The van der Waals surface area contributed by atoms with Crippen LogP contribution in [0.5, 0.6) is 0 Å². The van der Waals surface area contributed by atoms with E-state index in [9.17, 15) is 0 Å². The van der Waals surface area contributed by atoms with Gasteiger partial charge in [-0.05, 0) is 18.1 Å². The molecule has 0 spiro atoms. The standard InChI is InChI=1S/C12H16ClNO/c1-9-4-2-3-5-10(9)6-14-12-8-15-7-11(12)13/h2-5,11-12,14H,6-8H2,1H3. The molecule has 0 bridgehead atoms. The van der Waals surface area contributed by atoms with Crippen molar-refractivity contribution >= 4 is 11.6 Å². The Hall–Kier alpha value is -0.570. The van der Waals surface area contributed by atoms with Crippen molar-refractivity contribution in [3.8, 4) is 0 Å². The smallest absolute Gasteiger partial charge is 0.0745 e. The molecule has 1 aromatic rings. The molecule has 82 valence electrons. The predicted octanol–water partition coefficient (Wildman–Crippen LogP) is 2.09. The molecule has 0 aromatic heterocycles. The summed E-state index contributed by atoms with van der Waals surface area (Å²) in [6.07, 6.45) is 0. The van der Waals surface area contributed by atoms with Crippen LogP contribution in [0.3, 0.4) is 0 Å². The predicted molar refractivity (Wildman–Crippen MR) is 62.3 cm³/mol. The van der Waals surface area contributed by atoms with Crippen molar-refractivity contribution in [1.82, 2.24) is 5.32 Å². The van der Waals surface area contributed by atoms with E-state index in [2.05, 4.69) is 36.5 Å². The maximum absolute atomic E-state index is 6.10. The topological polar surface area (TPSA) is 21.3 Å². The summed E-state index contributed by atoms with van der Waals surface area (Å²) in [6, 6.07) is 8.67. The molecule has 0 saturated carbocycles. The summed E-state index contributed by atoms with van der Waals surface area (Å²) in [6.45, 7) is 4.37. The Kier molecular flexibility index (Phi) is 3.62. The third-order valence-corrected chi connectivity index (χ3v) is 3.26. The lowest BCUT2D eigenvalue weighted by molar-refractivity contribution is 0.190. The van der Waals surface area contributed by atoms with Gasteiger partial charge in [-0.3, -0.25) is 0 Å². The highest BCUT2D eigenvalue weighted by molar-refractivity contribution is 6.21. The van der Waals surface area contributed by atoms with E-state index in [4.69, 9.17) is 16.3 Å². The fourth-order valence-electron chi connectivity index (χ4n) is 1.76. The normalized spacial score (nSPS) is 25.7. The monoisotopic (exact) mass is 225 g/mol. The Balaban J connectivity index is 1.90. The minimum Gasteiger partial charge on any atom is -0.378 e. The van der Waals surface area contributed by atoms with Crippen LogP contribution in [0.2, 0.25) is 0 Å². The highest BCUT2D eigenvalue weighted by atomic mass is 35.5. The van der Waals surface area contributed by atoms with Gasteiger partial charge < -0.3 is 10.1 Å². The summed E-state index contributed by atoms with van der Waals surface area (Å²) in [7, 11) is 0. The number of aryl methyl sites for hydroxylation is 1. The quantitative estimate of drug-likeness (QED) is 0.796. The average molecular weight is 226 g/mol. The number of hydrogen-bond donors (Lipinski definition) is 1. The molecule has 2 atom stereocenters. The van der Waals surface area contributed by atoms with E-state index in [1.807, 2.05) is 0 Å². The number of nitrogens with one attached hydrogen (secondary N) is 1. The lowest BCUT2D eigenvalue weighted by Gasteiger charge is -2.14. The Morgan fingerprint density at radius 2 is 2.20 bits per heavy atom. The van der Waals surface area contributed by atoms with Crippen LogP contribution in [0, 0.1) is 6.92 Å². The third-order valence-electron chi connectivity index (χ3n) is 2.83. The SMILES string of the molecule is Cc1ccccc1CNC1COCC1Cl. The van der Waals surface area contributed by atoms with Gasteiger partial charge in [0.2, 0.25) is 0 Å². The number of hydrogen-bond acceptors (Lipinski definition) is 2. The minimum absolute atomic E-state index is 0.106.